The number of carbonyl (C=O) groups is 1. The Hall–Kier alpha value is -4.20. The number of hydrogen-bond donors (Lipinski definition) is 3. The molecule has 162 valence electrons. The van der Waals surface area contributed by atoms with E-state index in [4.69, 9.17) is 4.74 Å². The number of benzene rings is 2. The Morgan fingerprint density at radius 2 is 1.91 bits per heavy atom. The normalized spacial score (nSPS) is 10.7. The van der Waals surface area contributed by atoms with Crippen molar-refractivity contribution in [3.63, 3.8) is 0 Å². The standard InChI is InChI=1S/C24H23N5O3/c1-3-16-13-22(30)27-23(25-16)15-8-7-9-17(12-15)26-24(31)20-14-19(28-29-20)18-10-5-6-11-21(18)32-4-2/h5-14H,3-4H2,1-2H3,(H,26,31)(H,28,29)(H,25,27,30). The average molecular weight is 429 g/mol. The molecule has 32 heavy (non-hydrogen) atoms. The fraction of sp³-hybridized carbons (Fsp3) is 0.167. The van der Waals surface area contributed by atoms with Crippen molar-refractivity contribution in [2.24, 2.45) is 0 Å². The van der Waals surface area contributed by atoms with Gasteiger partial charge in [0.1, 0.15) is 17.3 Å². The van der Waals surface area contributed by atoms with Gasteiger partial charge in [0.25, 0.3) is 11.5 Å². The van der Waals surface area contributed by atoms with Crippen molar-refractivity contribution in [1.29, 1.82) is 0 Å². The van der Waals surface area contributed by atoms with Gasteiger partial charge < -0.3 is 15.0 Å². The van der Waals surface area contributed by atoms with Crippen LogP contribution in [0.3, 0.4) is 0 Å². The van der Waals surface area contributed by atoms with E-state index in [2.05, 4.69) is 25.5 Å². The second kappa shape index (κ2) is 9.30. The molecule has 0 radical (unpaired) electrons. The molecular weight excluding hydrogens is 406 g/mol. The van der Waals surface area contributed by atoms with Crippen LogP contribution in [0.15, 0.2) is 65.5 Å². The molecule has 3 N–H and O–H groups in total. The molecule has 0 atom stereocenters. The Bertz CT molecular complexity index is 1310. The molecule has 4 aromatic rings. The van der Waals surface area contributed by atoms with Crippen molar-refractivity contribution in [2.45, 2.75) is 20.3 Å². The van der Waals surface area contributed by atoms with Gasteiger partial charge in [-0.25, -0.2) is 4.98 Å². The molecule has 2 heterocycles. The predicted molar refractivity (Wildman–Crippen MR) is 123 cm³/mol. The highest BCUT2D eigenvalue weighted by atomic mass is 16.5. The number of aromatic nitrogens is 4. The summed E-state index contributed by atoms with van der Waals surface area (Å²) < 4.78 is 5.65. The van der Waals surface area contributed by atoms with Crippen LogP contribution in [-0.4, -0.2) is 32.7 Å². The lowest BCUT2D eigenvalue weighted by Gasteiger charge is -2.07. The highest BCUT2D eigenvalue weighted by molar-refractivity contribution is 6.03. The van der Waals surface area contributed by atoms with Crippen LogP contribution in [0.2, 0.25) is 0 Å². The van der Waals surface area contributed by atoms with Gasteiger partial charge in [-0.15, -0.1) is 0 Å². The van der Waals surface area contributed by atoms with Crippen LogP contribution in [0.25, 0.3) is 22.6 Å². The first kappa shape index (κ1) is 21.0. The molecule has 2 aromatic carbocycles. The minimum Gasteiger partial charge on any atom is -0.493 e. The molecule has 4 rings (SSSR count). The summed E-state index contributed by atoms with van der Waals surface area (Å²) in [5.74, 6) is 0.831. The summed E-state index contributed by atoms with van der Waals surface area (Å²) in [5.41, 5.74) is 3.50. The number of H-pyrrole nitrogens is 2. The summed E-state index contributed by atoms with van der Waals surface area (Å²) in [6.07, 6.45) is 0.655. The van der Waals surface area contributed by atoms with Crippen LogP contribution in [0.5, 0.6) is 5.75 Å². The number of aromatic amines is 2. The van der Waals surface area contributed by atoms with E-state index < -0.39 is 0 Å². The number of nitrogens with zero attached hydrogens (tertiary/aromatic N) is 2. The number of amides is 1. The van der Waals surface area contributed by atoms with Gasteiger partial charge in [-0.05, 0) is 43.7 Å². The zero-order chi connectivity index (χ0) is 22.5. The zero-order valence-electron chi connectivity index (χ0n) is 17.8. The Morgan fingerprint density at radius 1 is 1.06 bits per heavy atom. The Balaban J connectivity index is 1.55. The smallest absolute Gasteiger partial charge is 0.273 e. The first-order valence-electron chi connectivity index (χ1n) is 10.4. The molecule has 8 nitrogen and oxygen atoms in total. The summed E-state index contributed by atoms with van der Waals surface area (Å²) in [6.45, 7) is 4.39. The van der Waals surface area contributed by atoms with Crippen LogP contribution >= 0.6 is 0 Å². The maximum atomic E-state index is 12.8. The molecule has 0 saturated carbocycles. The monoisotopic (exact) mass is 429 g/mol. The van der Waals surface area contributed by atoms with Gasteiger partial charge in [-0.1, -0.05) is 31.2 Å². The number of nitrogens with one attached hydrogen (secondary N) is 3. The van der Waals surface area contributed by atoms with Gasteiger partial charge >= 0.3 is 0 Å². The number of ether oxygens (including phenoxy) is 1. The largest absolute Gasteiger partial charge is 0.493 e. The third-order valence-electron chi connectivity index (χ3n) is 4.84. The van der Waals surface area contributed by atoms with E-state index in [1.807, 2.05) is 44.2 Å². The first-order chi connectivity index (χ1) is 15.6. The van der Waals surface area contributed by atoms with Crippen LogP contribution in [0.4, 0.5) is 5.69 Å². The predicted octanol–water partition coefficient (Wildman–Crippen LogP) is 4.04. The highest BCUT2D eigenvalue weighted by Crippen LogP contribution is 2.29. The molecule has 0 aliphatic carbocycles. The Morgan fingerprint density at radius 3 is 2.72 bits per heavy atom. The summed E-state index contributed by atoms with van der Waals surface area (Å²) in [5, 5.41) is 9.91. The van der Waals surface area contributed by atoms with Gasteiger partial charge in [0, 0.05) is 28.6 Å². The van der Waals surface area contributed by atoms with Crippen molar-refractivity contribution < 1.29 is 9.53 Å². The minimum absolute atomic E-state index is 0.210. The third kappa shape index (κ3) is 4.59. The van der Waals surface area contributed by atoms with E-state index in [-0.39, 0.29) is 11.5 Å². The lowest BCUT2D eigenvalue weighted by Crippen LogP contribution is -2.13. The Labute approximate surface area is 184 Å². The third-order valence-corrected chi connectivity index (χ3v) is 4.84. The van der Waals surface area contributed by atoms with E-state index in [0.717, 1.165) is 5.56 Å². The summed E-state index contributed by atoms with van der Waals surface area (Å²) in [7, 11) is 0. The summed E-state index contributed by atoms with van der Waals surface area (Å²) in [4.78, 5) is 31.9. The van der Waals surface area contributed by atoms with Crippen LogP contribution in [0, 0.1) is 0 Å². The molecule has 0 unspecified atom stereocenters. The average Bonchev–Trinajstić information content (AvgIpc) is 3.30. The van der Waals surface area contributed by atoms with Gasteiger partial charge in [-0.3, -0.25) is 14.7 Å². The van der Waals surface area contributed by atoms with E-state index in [1.165, 1.54) is 6.07 Å². The number of para-hydroxylation sites is 1. The van der Waals surface area contributed by atoms with E-state index in [0.29, 0.717) is 52.9 Å². The second-order valence-electron chi connectivity index (χ2n) is 7.07. The van der Waals surface area contributed by atoms with Crippen LogP contribution < -0.4 is 15.6 Å². The minimum atomic E-state index is -0.335. The first-order valence-corrected chi connectivity index (χ1v) is 10.4. The molecule has 0 aliphatic rings. The molecular formula is C24H23N5O3. The number of anilines is 1. The fourth-order valence-electron chi connectivity index (χ4n) is 3.30. The van der Waals surface area contributed by atoms with Gasteiger partial charge in [0.15, 0.2) is 0 Å². The molecule has 1 amide bonds. The molecule has 2 aromatic heterocycles. The number of carbonyl (C=O) groups excluding carboxylic acids is 1. The summed E-state index contributed by atoms with van der Waals surface area (Å²) >= 11 is 0. The van der Waals surface area contributed by atoms with Gasteiger partial charge in [0.2, 0.25) is 0 Å². The van der Waals surface area contributed by atoms with Crippen LogP contribution in [0.1, 0.15) is 30.0 Å². The number of hydrogen-bond acceptors (Lipinski definition) is 5. The lowest BCUT2D eigenvalue weighted by atomic mass is 10.1. The van der Waals surface area contributed by atoms with Crippen molar-refractivity contribution >= 4 is 11.6 Å². The maximum Gasteiger partial charge on any atom is 0.273 e. The van der Waals surface area contributed by atoms with E-state index in [1.54, 1.807) is 24.3 Å². The van der Waals surface area contributed by atoms with E-state index in [9.17, 15) is 9.59 Å². The Kier molecular flexibility index (Phi) is 6.12. The molecule has 0 fully saturated rings. The molecule has 0 bridgehead atoms. The van der Waals surface area contributed by atoms with Crippen molar-refractivity contribution in [3.05, 3.63) is 82.4 Å². The molecule has 0 saturated heterocycles. The summed E-state index contributed by atoms with van der Waals surface area (Å²) in [6, 6.07) is 17.9. The molecule has 0 spiro atoms. The van der Waals surface area contributed by atoms with E-state index >= 15 is 0 Å². The van der Waals surface area contributed by atoms with Crippen molar-refractivity contribution in [3.8, 4) is 28.4 Å². The zero-order valence-corrected chi connectivity index (χ0v) is 17.8. The highest BCUT2D eigenvalue weighted by Gasteiger charge is 2.14. The van der Waals surface area contributed by atoms with Crippen molar-refractivity contribution in [2.75, 3.05) is 11.9 Å². The lowest BCUT2D eigenvalue weighted by molar-refractivity contribution is 0.102. The maximum absolute atomic E-state index is 12.8. The van der Waals surface area contributed by atoms with Gasteiger partial charge in [0.05, 0.1) is 12.3 Å². The van der Waals surface area contributed by atoms with Crippen LogP contribution in [-0.2, 0) is 6.42 Å². The van der Waals surface area contributed by atoms with Crippen molar-refractivity contribution in [1.82, 2.24) is 20.2 Å². The molecule has 0 aliphatic heterocycles. The topological polar surface area (TPSA) is 113 Å². The molecule has 8 heteroatoms. The quantitative estimate of drug-likeness (QED) is 0.410. The fourth-order valence-corrected chi connectivity index (χ4v) is 3.30. The number of aryl methyl sites for hydroxylation is 1. The van der Waals surface area contributed by atoms with Gasteiger partial charge in [-0.2, -0.15) is 5.10 Å². The number of rotatable bonds is 7. The second-order valence-corrected chi connectivity index (χ2v) is 7.07. The SMILES string of the molecule is CCOc1ccccc1-c1cc(C(=O)Nc2cccc(-c3nc(CC)cc(=O)[nH]3)c2)[nH]n1.